The smallest absolute Gasteiger partial charge is 0.419 e. The number of ether oxygens (including phenoxy) is 2. The highest BCUT2D eigenvalue weighted by molar-refractivity contribution is 14.0. The second-order valence-electron chi connectivity index (χ2n) is 6.20. The quantitative estimate of drug-likeness (QED) is 0.228. The summed E-state index contributed by atoms with van der Waals surface area (Å²) in [6.45, 7) is 1.44. The van der Waals surface area contributed by atoms with Crippen molar-refractivity contribution >= 4 is 35.8 Å². The number of guanidine groups is 1. The van der Waals surface area contributed by atoms with Gasteiger partial charge in [-0.1, -0.05) is 12.1 Å². The van der Waals surface area contributed by atoms with E-state index in [9.17, 15) is 13.2 Å². The van der Waals surface area contributed by atoms with Gasteiger partial charge in [-0.3, -0.25) is 4.99 Å². The van der Waals surface area contributed by atoms with Gasteiger partial charge in [0, 0.05) is 26.3 Å². The lowest BCUT2D eigenvalue weighted by Crippen LogP contribution is -2.46. The maximum atomic E-state index is 13.0. The number of para-hydroxylation sites is 2. The highest BCUT2D eigenvalue weighted by Gasteiger charge is 2.33. The minimum Gasteiger partial charge on any atom is -0.486 e. The van der Waals surface area contributed by atoms with E-state index in [0.29, 0.717) is 37.2 Å². The number of pyridine rings is 1. The molecule has 1 aliphatic rings. The van der Waals surface area contributed by atoms with Crippen LogP contribution in [0.2, 0.25) is 0 Å². The highest BCUT2D eigenvalue weighted by Crippen LogP contribution is 2.33. The van der Waals surface area contributed by atoms with Crippen molar-refractivity contribution in [3.05, 3.63) is 48.2 Å². The lowest BCUT2D eigenvalue weighted by atomic mass is 10.2. The number of nitrogens with one attached hydrogen (secondary N) is 3. The summed E-state index contributed by atoms with van der Waals surface area (Å²) in [5.74, 6) is 1.71. The molecule has 30 heavy (non-hydrogen) atoms. The molecule has 1 aromatic heterocycles. The molecule has 1 unspecified atom stereocenters. The van der Waals surface area contributed by atoms with Crippen molar-refractivity contribution in [3.63, 3.8) is 0 Å². The Hall–Kier alpha value is -2.44. The van der Waals surface area contributed by atoms with E-state index in [1.54, 1.807) is 7.05 Å². The third kappa shape index (κ3) is 6.54. The summed E-state index contributed by atoms with van der Waals surface area (Å²) < 4.78 is 50.4. The summed E-state index contributed by atoms with van der Waals surface area (Å²) in [6.07, 6.45) is -3.33. The van der Waals surface area contributed by atoms with Crippen molar-refractivity contribution in [2.45, 2.75) is 12.3 Å². The average Bonchev–Trinajstić information content (AvgIpc) is 2.72. The van der Waals surface area contributed by atoms with Gasteiger partial charge in [0.15, 0.2) is 17.5 Å². The van der Waals surface area contributed by atoms with Crippen LogP contribution in [-0.2, 0) is 6.18 Å². The molecule has 7 nitrogen and oxygen atoms in total. The summed E-state index contributed by atoms with van der Waals surface area (Å²) in [5.41, 5.74) is -0.794. The largest absolute Gasteiger partial charge is 0.486 e. The summed E-state index contributed by atoms with van der Waals surface area (Å²) >= 11 is 0. The Kier molecular flexibility index (Phi) is 8.81. The van der Waals surface area contributed by atoms with Gasteiger partial charge in [0.2, 0.25) is 0 Å². The number of halogens is 4. The first-order valence-corrected chi connectivity index (χ1v) is 9.06. The normalized spacial score (nSPS) is 15.7. The van der Waals surface area contributed by atoms with Crippen LogP contribution >= 0.6 is 24.0 Å². The molecule has 2 aromatic rings. The zero-order valence-corrected chi connectivity index (χ0v) is 18.5. The fourth-order valence-electron chi connectivity index (χ4n) is 2.73. The van der Waals surface area contributed by atoms with Crippen molar-refractivity contribution in [1.82, 2.24) is 15.6 Å². The third-order valence-corrected chi connectivity index (χ3v) is 4.11. The van der Waals surface area contributed by atoms with Gasteiger partial charge in [0.1, 0.15) is 18.5 Å². The van der Waals surface area contributed by atoms with E-state index in [1.807, 2.05) is 24.3 Å². The van der Waals surface area contributed by atoms with E-state index >= 15 is 0 Å². The molecular weight excluding hydrogens is 514 g/mol. The van der Waals surface area contributed by atoms with Gasteiger partial charge >= 0.3 is 6.18 Å². The van der Waals surface area contributed by atoms with Crippen molar-refractivity contribution in [3.8, 4) is 11.5 Å². The van der Waals surface area contributed by atoms with Crippen LogP contribution in [0.5, 0.6) is 11.5 Å². The topological polar surface area (TPSA) is 79.8 Å². The van der Waals surface area contributed by atoms with Crippen LogP contribution in [0.25, 0.3) is 0 Å². The van der Waals surface area contributed by atoms with Crippen LogP contribution < -0.4 is 25.4 Å². The number of aliphatic imine (C=N–C) groups is 1. The SMILES string of the molecule is CN=C(NCCNc1ncccc1C(F)(F)F)NCC1COc2ccccc2O1.I. The predicted molar refractivity (Wildman–Crippen MR) is 119 cm³/mol. The molecule has 0 bridgehead atoms. The van der Waals surface area contributed by atoms with Crippen molar-refractivity contribution in [2.24, 2.45) is 4.99 Å². The van der Waals surface area contributed by atoms with Gasteiger partial charge in [-0.25, -0.2) is 4.98 Å². The van der Waals surface area contributed by atoms with Gasteiger partial charge in [0.25, 0.3) is 0 Å². The van der Waals surface area contributed by atoms with Gasteiger partial charge in [-0.05, 0) is 24.3 Å². The lowest BCUT2D eigenvalue weighted by molar-refractivity contribution is -0.137. The number of hydrogen-bond donors (Lipinski definition) is 3. The number of benzene rings is 1. The number of anilines is 1. The standard InChI is InChI=1S/C19H22F3N5O2.HI/c1-23-18(27-11-13-12-28-15-6-2-3-7-16(15)29-13)26-10-9-25-17-14(19(20,21)22)5-4-8-24-17;/h2-8,13H,9-12H2,1H3,(H,24,25)(H2,23,26,27);1H. The molecule has 0 aliphatic carbocycles. The third-order valence-electron chi connectivity index (χ3n) is 4.11. The van der Waals surface area contributed by atoms with E-state index < -0.39 is 11.7 Å². The maximum absolute atomic E-state index is 13.0. The Morgan fingerprint density at radius 1 is 1.13 bits per heavy atom. The number of nitrogens with zero attached hydrogens (tertiary/aromatic N) is 2. The first-order chi connectivity index (χ1) is 14.0. The Morgan fingerprint density at radius 3 is 2.63 bits per heavy atom. The van der Waals surface area contributed by atoms with Crippen molar-refractivity contribution < 1.29 is 22.6 Å². The van der Waals surface area contributed by atoms with E-state index in [0.717, 1.165) is 6.07 Å². The molecule has 1 aliphatic heterocycles. The molecule has 2 heterocycles. The minimum absolute atomic E-state index is 0. The van der Waals surface area contributed by atoms with Crippen LogP contribution in [0.4, 0.5) is 19.0 Å². The van der Waals surface area contributed by atoms with E-state index in [-0.39, 0.29) is 42.4 Å². The predicted octanol–water partition coefficient (Wildman–Crippen LogP) is 3.14. The Bertz CT molecular complexity index is 851. The van der Waals surface area contributed by atoms with Crippen LogP contribution in [0.15, 0.2) is 47.6 Å². The molecule has 3 N–H and O–H groups in total. The molecule has 11 heteroatoms. The van der Waals surface area contributed by atoms with E-state index in [2.05, 4.69) is 25.9 Å². The Balaban J connectivity index is 0.00000320. The summed E-state index contributed by atoms with van der Waals surface area (Å²) in [7, 11) is 1.61. The summed E-state index contributed by atoms with van der Waals surface area (Å²) in [5, 5.41) is 8.84. The average molecular weight is 537 g/mol. The van der Waals surface area contributed by atoms with Crippen LogP contribution in [0.1, 0.15) is 5.56 Å². The highest BCUT2D eigenvalue weighted by atomic mass is 127. The van der Waals surface area contributed by atoms with Crippen molar-refractivity contribution in [1.29, 1.82) is 0 Å². The zero-order valence-electron chi connectivity index (χ0n) is 16.2. The van der Waals surface area contributed by atoms with E-state index in [4.69, 9.17) is 9.47 Å². The molecule has 0 saturated carbocycles. The first-order valence-electron chi connectivity index (χ1n) is 9.06. The van der Waals surface area contributed by atoms with Gasteiger partial charge in [-0.2, -0.15) is 13.2 Å². The second kappa shape index (κ2) is 11.1. The number of rotatable bonds is 6. The molecular formula is C19H23F3IN5O2. The molecule has 1 aromatic carbocycles. The first kappa shape index (κ1) is 23.8. The number of aromatic nitrogens is 1. The lowest BCUT2D eigenvalue weighted by Gasteiger charge is -2.27. The molecule has 0 fully saturated rings. The van der Waals surface area contributed by atoms with Gasteiger partial charge in [-0.15, -0.1) is 24.0 Å². The van der Waals surface area contributed by atoms with Crippen LogP contribution in [0, 0.1) is 0 Å². The fraction of sp³-hybridized carbons (Fsp3) is 0.368. The zero-order chi connectivity index (χ0) is 20.7. The van der Waals surface area contributed by atoms with Gasteiger partial charge in [0.05, 0.1) is 12.1 Å². The molecule has 164 valence electrons. The van der Waals surface area contributed by atoms with Gasteiger partial charge < -0.3 is 25.4 Å². The van der Waals surface area contributed by atoms with Crippen LogP contribution in [-0.4, -0.2) is 50.3 Å². The van der Waals surface area contributed by atoms with Crippen LogP contribution in [0.3, 0.4) is 0 Å². The van der Waals surface area contributed by atoms with Crippen molar-refractivity contribution in [2.75, 3.05) is 38.6 Å². The minimum atomic E-state index is -4.46. The molecule has 0 radical (unpaired) electrons. The van der Waals surface area contributed by atoms with E-state index in [1.165, 1.54) is 12.3 Å². The molecule has 3 rings (SSSR count). The number of fused-ring (bicyclic) bond motifs is 1. The maximum Gasteiger partial charge on any atom is 0.419 e. The molecule has 0 saturated heterocycles. The number of alkyl halides is 3. The second-order valence-corrected chi connectivity index (χ2v) is 6.20. The number of hydrogen-bond acceptors (Lipinski definition) is 5. The summed E-state index contributed by atoms with van der Waals surface area (Å²) in [4.78, 5) is 7.86. The monoisotopic (exact) mass is 537 g/mol. The fourth-order valence-corrected chi connectivity index (χ4v) is 2.73. The Morgan fingerprint density at radius 2 is 1.90 bits per heavy atom. The molecule has 0 spiro atoms. The summed E-state index contributed by atoms with van der Waals surface area (Å²) in [6, 6.07) is 9.69. The molecule has 0 amide bonds. The molecule has 1 atom stereocenters. The Labute approximate surface area is 189 Å².